The first-order valence-electron chi connectivity index (χ1n) is 9.35. The SMILES string of the molecule is O=C(COc1ccc(-c2ccccc2)cc1)NCCn1ccnc1C1CC1. The van der Waals surface area contributed by atoms with Crippen molar-refractivity contribution in [3.63, 3.8) is 0 Å². The van der Waals surface area contributed by atoms with Crippen molar-refractivity contribution < 1.29 is 9.53 Å². The molecule has 0 bridgehead atoms. The fraction of sp³-hybridized carbons (Fsp3) is 0.273. The van der Waals surface area contributed by atoms with E-state index >= 15 is 0 Å². The number of amides is 1. The molecule has 0 aliphatic heterocycles. The van der Waals surface area contributed by atoms with E-state index in [1.165, 1.54) is 12.8 Å². The molecule has 27 heavy (non-hydrogen) atoms. The molecule has 138 valence electrons. The molecule has 1 aromatic heterocycles. The minimum atomic E-state index is -0.116. The van der Waals surface area contributed by atoms with Crippen molar-refractivity contribution in [3.8, 4) is 16.9 Å². The number of carbonyl (C=O) groups is 1. The van der Waals surface area contributed by atoms with Gasteiger partial charge in [-0.25, -0.2) is 4.98 Å². The highest BCUT2D eigenvalue weighted by Crippen LogP contribution is 2.38. The van der Waals surface area contributed by atoms with Gasteiger partial charge in [0, 0.05) is 31.4 Å². The molecular formula is C22H23N3O2. The lowest BCUT2D eigenvalue weighted by atomic mass is 10.1. The van der Waals surface area contributed by atoms with Crippen molar-refractivity contribution in [3.05, 3.63) is 72.8 Å². The first kappa shape index (κ1) is 17.3. The Labute approximate surface area is 159 Å². The smallest absolute Gasteiger partial charge is 0.258 e. The minimum Gasteiger partial charge on any atom is -0.484 e. The lowest BCUT2D eigenvalue weighted by molar-refractivity contribution is -0.123. The van der Waals surface area contributed by atoms with Crippen LogP contribution in [0.5, 0.6) is 5.75 Å². The standard InChI is InChI=1S/C22H23N3O2/c26-21(23-12-14-25-15-13-24-22(25)19-6-7-19)16-27-20-10-8-18(9-11-20)17-4-2-1-3-5-17/h1-5,8-11,13,15,19H,6-7,12,14,16H2,(H,23,26). The van der Waals surface area contributed by atoms with Gasteiger partial charge < -0.3 is 14.6 Å². The third-order valence-electron chi connectivity index (χ3n) is 4.70. The topological polar surface area (TPSA) is 56.1 Å². The van der Waals surface area contributed by atoms with Crippen molar-refractivity contribution in [1.82, 2.24) is 14.9 Å². The summed E-state index contributed by atoms with van der Waals surface area (Å²) in [5.41, 5.74) is 2.28. The maximum absolute atomic E-state index is 12.0. The number of imidazole rings is 1. The molecule has 1 aliphatic carbocycles. The first-order valence-corrected chi connectivity index (χ1v) is 9.35. The van der Waals surface area contributed by atoms with Crippen molar-refractivity contribution in [2.24, 2.45) is 0 Å². The second kappa shape index (κ2) is 8.08. The molecule has 2 aromatic carbocycles. The van der Waals surface area contributed by atoms with Gasteiger partial charge in [0.15, 0.2) is 6.61 Å². The Morgan fingerprint density at radius 2 is 1.81 bits per heavy atom. The highest BCUT2D eigenvalue weighted by molar-refractivity contribution is 5.77. The summed E-state index contributed by atoms with van der Waals surface area (Å²) in [4.78, 5) is 16.4. The van der Waals surface area contributed by atoms with Crippen LogP contribution in [0, 0.1) is 0 Å². The van der Waals surface area contributed by atoms with E-state index < -0.39 is 0 Å². The zero-order chi connectivity index (χ0) is 18.5. The average Bonchev–Trinajstić information content (AvgIpc) is 3.46. The first-order chi connectivity index (χ1) is 13.3. The summed E-state index contributed by atoms with van der Waals surface area (Å²) in [6, 6.07) is 18.0. The number of hydrogen-bond acceptors (Lipinski definition) is 3. The Kier molecular flexibility index (Phi) is 5.19. The second-order valence-electron chi connectivity index (χ2n) is 6.78. The molecule has 0 atom stereocenters. The molecule has 0 unspecified atom stereocenters. The zero-order valence-corrected chi connectivity index (χ0v) is 15.2. The molecule has 0 saturated heterocycles. The summed E-state index contributed by atoms with van der Waals surface area (Å²) in [7, 11) is 0. The summed E-state index contributed by atoms with van der Waals surface area (Å²) < 4.78 is 7.71. The third kappa shape index (κ3) is 4.56. The van der Waals surface area contributed by atoms with Crippen molar-refractivity contribution in [1.29, 1.82) is 0 Å². The van der Waals surface area contributed by atoms with E-state index in [0.29, 0.717) is 18.2 Å². The van der Waals surface area contributed by atoms with Crippen LogP contribution in [-0.4, -0.2) is 28.6 Å². The number of nitrogens with zero attached hydrogens (tertiary/aromatic N) is 2. The van der Waals surface area contributed by atoms with Crippen LogP contribution in [0.2, 0.25) is 0 Å². The zero-order valence-electron chi connectivity index (χ0n) is 15.2. The van der Waals surface area contributed by atoms with Crippen LogP contribution in [0.4, 0.5) is 0 Å². The quantitative estimate of drug-likeness (QED) is 0.667. The Hall–Kier alpha value is -3.08. The average molecular weight is 361 g/mol. The molecule has 1 saturated carbocycles. The van der Waals surface area contributed by atoms with Crippen LogP contribution in [0.25, 0.3) is 11.1 Å². The Balaban J connectivity index is 1.21. The van der Waals surface area contributed by atoms with Crippen LogP contribution in [0.1, 0.15) is 24.6 Å². The third-order valence-corrected chi connectivity index (χ3v) is 4.70. The van der Waals surface area contributed by atoms with E-state index in [9.17, 15) is 4.79 Å². The number of ether oxygens (including phenoxy) is 1. The molecule has 1 fully saturated rings. The lowest BCUT2D eigenvalue weighted by Crippen LogP contribution is -2.31. The van der Waals surface area contributed by atoms with Gasteiger partial charge in [-0.1, -0.05) is 42.5 Å². The van der Waals surface area contributed by atoms with Crippen LogP contribution >= 0.6 is 0 Å². The molecule has 4 rings (SSSR count). The van der Waals surface area contributed by atoms with Gasteiger partial charge in [0.1, 0.15) is 11.6 Å². The van der Waals surface area contributed by atoms with Gasteiger partial charge in [-0.15, -0.1) is 0 Å². The number of hydrogen-bond donors (Lipinski definition) is 1. The molecule has 3 aromatic rings. The summed E-state index contributed by atoms with van der Waals surface area (Å²) in [5.74, 6) is 2.32. The molecule has 1 heterocycles. The van der Waals surface area contributed by atoms with E-state index in [2.05, 4.69) is 27.0 Å². The number of benzene rings is 2. The highest BCUT2D eigenvalue weighted by Gasteiger charge is 2.27. The Morgan fingerprint density at radius 3 is 2.56 bits per heavy atom. The molecular weight excluding hydrogens is 338 g/mol. The van der Waals surface area contributed by atoms with E-state index in [1.807, 2.05) is 54.9 Å². The van der Waals surface area contributed by atoms with Gasteiger partial charge in [-0.05, 0) is 36.1 Å². The molecule has 0 spiro atoms. The van der Waals surface area contributed by atoms with Gasteiger partial charge in [-0.2, -0.15) is 0 Å². The Bertz CT molecular complexity index is 883. The Morgan fingerprint density at radius 1 is 1.07 bits per heavy atom. The number of aromatic nitrogens is 2. The van der Waals surface area contributed by atoms with Crippen LogP contribution < -0.4 is 10.1 Å². The summed E-state index contributed by atoms with van der Waals surface area (Å²) in [5, 5.41) is 2.90. The monoisotopic (exact) mass is 361 g/mol. The van der Waals surface area contributed by atoms with Crippen LogP contribution in [0.3, 0.4) is 0 Å². The summed E-state index contributed by atoms with van der Waals surface area (Å²) in [6.45, 7) is 1.33. The molecule has 5 heteroatoms. The summed E-state index contributed by atoms with van der Waals surface area (Å²) in [6.07, 6.45) is 6.25. The van der Waals surface area contributed by atoms with Crippen LogP contribution in [0.15, 0.2) is 67.0 Å². The molecule has 0 radical (unpaired) electrons. The van der Waals surface area contributed by atoms with Crippen molar-refractivity contribution >= 4 is 5.91 Å². The van der Waals surface area contributed by atoms with Crippen molar-refractivity contribution in [2.75, 3.05) is 13.2 Å². The fourth-order valence-electron chi connectivity index (χ4n) is 3.10. The van der Waals surface area contributed by atoms with E-state index in [-0.39, 0.29) is 12.5 Å². The molecule has 5 nitrogen and oxygen atoms in total. The van der Waals surface area contributed by atoms with Gasteiger partial charge in [0.05, 0.1) is 0 Å². The summed E-state index contributed by atoms with van der Waals surface area (Å²) >= 11 is 0. The normalized spacial score (nSPS) is 13.3. The molecule has 1 N–H and O–H groups in total. The van der Waals surface area contributed by atoms with Gasteiger partial charge >= 0.3 is 0 Å². The maximum Gasteiger partial charge on any atom is 0.258 e. The maximum atomic E-state index is 12.0. The van der Waals surface area contributed by atoms with E-state index in [4.69, 9.17) is 4.74 Å². The van der Waals surface area contributed by atoms with Crippen molar-refractivity contribution in [2.45, 2.75) is 25.3 Å². The predicted molar refractivity (Wildman–Crippen MR) is 105 cm³/mol. The van der Waals surface area contributed by atoms with Gasteiger partial charge in [0.25, 0.3) is 5.91 Å². The highest BCUT2D eigenvalue weighted by atomic mass is 16.5. The van der Waals surface area contributed by atoms with Gasteiger partial charge in [0.2, 0.25) is 0 Å². The molecule has 1 aliphatic rings. The van der Waals surface area contributed by atoms with Gasteiger partial charge in [-0.3, -0.25) is 4.79 Å². The lowest BCUT2D eigenvalue weighted by Gasteiger charge is -2.10. The minimum absolute atomic E-state index is 0.0180. The van der Waals surface area contributed by atoms with Crippen LogP contribution in [-0.2, 0) is 11.3 Å². The molecule has 1 amide bonds. The number of rotatable bonds is 8. The largest absolute Gasteiger partial charge is 0.484 e. The predicted octanol–water partition coefficient (Wildman–Crippen LogP) is 3.62. The van der Waals surface area contributed by atoms with E-state index in [1.54, 1.807) is 0 Å². The second-order valence-corrected chi connectivity index (χ2v) is 6.78. The number of nitrogens with one attached hydrogen (secondary N) is 1. The fourth-order valence-corrected chi connectivity index (χ4v) is 3.10. The number of carbonyl (C=O) groups excluding carboxylic acids is 1. The van der Waals surface area contributed by atoms with E-state index in [0.717, 1.165) is 23.5 Å².